The summed E-state index contributed by atoms with van der Waals surface area (Å²) in [6.07, 6.45) is 5.31. The second-order valence-corrected chi connectivity index (χ2v) is 3.77. The normalized spacial score (nSPS) is 10.3. The van der Waals surface area contributed by atoms with Gasteiger partial charge in [0.05, 0.1) is 10.6 Å². The number of terminal acetylenes is 1. The Morgan fingerprint density at radius 1 is 1.40 bits per heavy atom. The van der Waals surface area contributed by atoms with E-state index in [1.165, 1.54) is 0 Å². The van der Waals surface area contributed by atoms with Crippen LogP contribution in [0.3, 0.4) is 0 Å². The highest BCUT2D eigenvalue weighted by atomic mass is 35.5. The van der Waals surface area contributed by atoms with Crippen LogP contribution in [0.1, 0.15) is 11.1 Å². The molecule has 0 atom stereocenters. The average Bonchev–Trinajstić information content (AvgIpc) is 2.21. The van der Waals surface area contributed by atoms with Crippen molar-refractivity contribution >= 4 is 22.4 Å². The molecule has 2 aromatic carbocycles. The van der Waals surface area contributed by atoms with E-state index in [1.54, 1.807) is 6.07 Å². The zero-order valence-corrected chi connectivity index (χ0v) is 8.90. The molecule has 0 radical (unpaired) electrons. The maximum Gasteiger partial charge on any atom is 0.158 e. The molecule has 0 amide bonds. The standard InChI is InChI=1S/C13H8ClF/c1-3-10-12-8(2)5-4-6-9(12)7-11(14)13(10)15/h1,4-7H,2H3. The highest BCUT2D eigenvalue weighted by Crippen LogP contribution is 2.29. The SMILES string of the molecule is C#Cc1c(F)c(Cl)cc2cccc(C)c12. The Labute approximate surface area is 92.7 Å². The molecule has 0 aromatic heterocycles. The lowest BCUT2D eigenvalue weighted by Crippen LogP contribution is -1.90. The topological polar surface area (TPSA) is 0 Å². The Balaban J connectivity index is 3.04. The number of halogens is 2. The minimum Gasteiger partial charge on any atom is -0.204 e. The van der Waals surface area contributed by atoms with Crippen molar-refractivity contribution in [2.45, 2.75) is 6.92 Å². The number of aryl methyl sites for hydroxylation is 1. The zero-order valence-electron chi connectivity index (χ0n) is 8.14. The van der Waals surface area contributed by atoms with Gasteiger partial charge < -0.3 is 0 Å². The molecule has 0 aliphatic heterocycles. The summed E-state index contributed by atoms with van der Waals surface area (Å²) in [6.45, 7) is 1.90. The molecule has 2 heteroatoms. The number of fused-ring (bicyclic) bond motifs is 1. The Kier molecular flexibility index (Phi) is 2.38. The number of rotatable bonds is 0. The van der Waals surface area contributed by atoms with Gasteiger partial charge in [-0.05, 0) is 23.9 Å². The fourth-order valence-corrected chi connectivity index (χ4v) is 1.93. The Morgan fingerprint density at radius 2 is 2.13 bits per heavy atom. The van der Waals surface area contributed by atoms with Gasteiger partial charge in [-0.1, -0.05) is 35.7 Å². The van der Waals surface area contributed by atoms with Crippen LogP contribution in [0.15, 0.2) is 24.3 Å². The van der Waals surface area contributed by atoms with E-state index >= 15 is 0 Å². The fraction of sp³-hybridized carbons (Fsp3) is 0.0769. The summed E-state index contributed by atoms with van der Waals surface area (Å²) in [7, 11) is 0. The van der Waals surface area contributed by atoms with Crippen LogP contribution in [-0.4, -0.2) is 0 Å². The van der Waals surface area contributed by atoms with Gasteiger partial charge in [0.1, 0.15) is 0 Å². The fourth-order valence-electron chi connectivity index (χ4n) is 1.72. The molecule has 0 aliphatic rings. The van der Waals surface area contributed by atoms with E-state index in [-0.39, 0.29) is 10.6 Å². The molecule has 0 saturated carbocycles. The molecule has 0 nitrogen and oxygen atoms in total. The first kappa shape index (κ1) is 10.0. The molecule has 0 N–H and O–H groups in total. The van der Waals surface area contributed by atoms with Crippen molar-refractivity contribution < 1.29 is 4.39 Å². The Hall–Kier alpha value is -1.52. The molecular formula is C13H8ClF. The van der Waals surface area contributed by atoms with Gasteiger partial charge >= 0.3 is 0 Å². The van der Waals surface area contributed by atoms with Crippen molar-refractivity contribution in [2.24, 2.45) is 0 Å². The molecule has 0 aliphatic carbocycles. The van der Waals surface area contributed by atoms with E-state index < -0.39 is 5.82 Å². The van der Waals surface area contributed by atoms with Crippen LogP contribution < -0.4 is 0 Å². The van der Waals surface area contributed by atoms with Crippen LogP contribution in [0, 0.1) is 25.1 Å². The molecule has 0 heterocycles. The largest absolute Gasteiger partial charge is 0.204 e. The van der Waals surface area contributed by atoms with Crippen molar-refractivity contribution in [3.8, 4) is 12.3 Å². The maximum atomic E-state index is 13.6. The van der Waals surface area contributed by atoms with Gasteiger partial charge in [-0.3, -0.25) is 0 Å². The number of benzene rings is 2. The van der Waals surface area contributed by atoms with Gasteiger partial charge in [0, 0.05) is 5.39 Å². The number of hydrogen-bond donors (Lipinski definition) is 0. The van der Waals surface area contributed by atoms with E-state index in [4.69, 9.17) is 18.0 Å². The van der Waals surface area contributed by atoms with Crippen LogP contribution in [0.4, 0.5) is 4.39 Å². The number of hydrogen-bond acceptors (Lipinski definition) is 0. The molecule has 0 bridgehead atoms. The highest BCUT2D eigenvalue weighted by Gasteiger charge is 2.11. The van der Waals surface area contributed by atoms with E-state index in [0.717, 1.165) is 16.3 Å². The molecule has 2 aromatic rings. The molecule has 15 heavy (non-hydrogen) atoms. The molecule has 0 spiro atoms. The van der Waals surface area contributed by atoms with Gasteiger partial charge in [0.25, 0.3) is 0 Å². The lowest BCUT2D eigenvalue weighted by Gasteiger charge is -2.07. The minimum atomic E-state index is -0.513. The van der Waals surface area contributed by atoms with E-state index in [2.05, 4.69) is 5.92 Å². The van der Waals surface area contributed by atoms with Crippen molar-refractivity contribution in [1.82, 2.24) is 0 Å². The second-order valence-electron chi connectivity index (χ2n) is 3.36. The summed E-state index contributed by atoms with van der Waals surface area (Å²) in [4.78, 5) is 0. The monoisotopic (exact) mass is 218 g/mol. The van der Waals surface area contributed by atoms with Gasteiger partial charge in [0.2, 0.25) is 0 Å². The summed E-state index contributed by atoms with van der Waals surface area (Å²) >= 11 is 5.75. The van der Waals surface area contributed by atoms with Crippen LogP contribution in [-0.2, 0) is 0 Å². The summed E-state index contributed by atoms with van der Waals surface area (Å²) in [5, 5.41) is 1.71. The summed E-state index contributed by atoms with van der Waals surface area (Å²) in [5.41, 5.74) is 1.20. The summed E-state index contributed by atoms with van der Waals surface area (Å²) in [5.74, 6) is 1.85. The van der Waals surface area contributed by atoms with Crippen molar-refractivity contribution in [1.29, 1.82) is 0 Å². The van der Waals surface area contributed by atoms with Crippen LogP contribution in [0.2, 0.25) is 5.02 Å². The van der Waals surface area contributed by atoms with Gasteiger partial charge in [-0.25, -0.2) is 4.39 Å². The maximum absolute atomic E-state index is 13.6. The lowest BCUT2D eigenvalue weighted by molar-refractivity contribution is 0.627. The third-order valence-corrected chi connectivity index (χ3v) is 2.69. The predicted octanol–water partition coefficient (Wildman–Crippen LogP) is 3.92. The van der Waals surface area contributed by atoms with Crippen molar-refractivity contribution in [3.63, 3.8) is 0 Å². The highest BCUT2D eigenvalue weighted by molar-refractivity contribution is 6.31. The van der Waals surface area contributed by atoms with Gasteiger partial charge in [0.15, 0.2) is 5.82 Å². The third-order valence-electron chi connectivity index (χ3n) is 2.41. The van der Waals surface area contributed by atoms with E-state index in [9.17, 15) is 4.39 Å². The Bertz CT molecular complexity index is 579. The predicted molar refractivity (Wildman–Crippen MR) is 61.6 cm³/mol. The molecule has 0 fully saturated rings. The quantitative estimate of drug-likeness (QED) is 0.588. The molecule has 2 rings (SSSR count). The first-order valence-electron chi connectivity index (χ1n) is 4.49. The van der Waals surface area contributed by atoms with Crippen molar-refractivity contribution in [2.75, 3.05) is 0 Å². The van der Waals surface area contributed by atoms with Crippen LogP contribution in [0.25, 0.3) is 10.8 Å². The summed E-state index contributed by atoms with van der Waals surface area (Å²) < 4.78 is 13.6. The van der Waals surface area contributed by atoms with Gasteiger partial charge in [-0.2, -0.15) is 0 Å². The molecule has 0 saturated heterocycles. The van der Waals surface area contributed by atoms with Crippen LogP contribution in [0.5, 0.6) is 0 Å². The lowest BCUT2D eigenvalue weighted by atomic mass is 10.00. The first-order valence-corrected chi connectivity index (χ1v) is 4.87. The van der Waals surface area contributed by atoms with E-state index in [1.807, 2.05) is 25.1 Å². The molecular weight excluding hydrogens is 211 g/mol. The third kappa shape index (κ3) is 1.48. The minimum absolute atomic E-state index is 0.0704. The van der Waals surface area contributed by atoms with Gasteiger partial charge in [-0.15, -0.1) is 6.42 Å². The Morgan fingerprint density at radius 3 is 2.80 bits per heavy atom. The zero-order chi connectivity index (χ0) is 11.0. The summed E-state index contributed by atoms with van der Waals surface area (Å²) in [6, 6.07) is 7.26. The second kappa shape index (κ2) is 3.56. The molecule has 74 valence electrons. The molecule has 0 unspecified atom stereocenters. The average molecular weight is 219 g/mol. The van der Waals surface area contributed by atoms with E-state index in [0.29, 0.717) is 0 Å². The van der Waals surface area contributed by atoms with Crippen molar-refractivity contribution in [3.05, 3.63) is 46.2 Å². The first-order chi connectivity index (χ1) is 7.15. The smallest absolute Gasteiger partial charge is 0.158 e. The van der Waals surface area contributed by atoms with Crippen LogP contribution >= 0.6 is 11.6 Å².